The van der Waals surface area contributed by atoms with Crippen molar-refractivity contribution >= 4 is 12.4 Å². The summed E-state index contributed by atoms with van der Waals surface area (Å²) in [6, 6.07) is 8.86. The van der Waals surface area contributed by atoms with Crippen LogP contribution in [0, 0.1) is 6.92 Å². The predicted octanol–water partition coefficient (Wildman–Crippen LogP) is 9.54. The summed E-state index contributed by atoms with van der Waals surface area (Å²) in [5, 5.41) is 0. The summed E-state index contributed by atoms with van der Waals surface area (Å²) in [5.74, 6) is 0. The van der Waals surface area contributed by atoms with E-state index in [9.17, 15) is 0 Å². The molecule has 0 saturated carbocycles. The zero-order valence-electron chi connectivity index (χ0n) is 21.3. The Morgan fingerprint density at radius 2 is 0.935 bits per heavy atom. The molecule has 182 valence electrons. The number of benzene rings is 1. The van der Waals surface area contributed by atoms with Gasteiger partial charge in [0.15, 0.2) is 0 Å². The van der Waals surface area contributed by atoms with Gasteiger partial charge < -0.3 is 4.90 Å². The lowest BCUT2D eigenvalue weighted by atomic mass is 10.0. The average Bonchev–Trinajstić information content (AvgIpc) is 2.76. The minimum absolute atomic E-state index is 0. The third-order valence-electron chi connectivity index (χ3n) is 6.83. The lowest BCUT2D eigenvalue weighted by Gasteiger charge is -2.17. The summed E-state index contributed by atoms with van der Waals surface area (Å²) in [6.45, 7) is 10.5. The van der Waals surface area contributed by atoms with Crippen LogP contribution in [0.25, 0.3) is 0 Å². The molecule has 0 spiro atoms. The fraction of sp³-hybridized carbons (Fsp3) is 0.793. The van der Waals surface area contributed by atoms with E-state index in [0.29, 0.717) is 0 Å². The molecule has 0 aliphatic rings. The van der Waals surface area contributed by atoms with Crippen molar-refractivity contribution in [1.29, 1.82) is 0 Å². The van der Waals surface area contributed by atoms with Crippen molar-refractivity contribution in [1.82, 2.24) is 4.90 Å². The molecule has 0 aromatic heterocycles. The van der Waals surface area contributed by atoms with Crippen LogP contribution in [0.4, 0.5) is 0 Å². The number of hydrogen-bond acceptors (Lipinski definition) is 1. The van der Waals surface area contributed by atoms with Gasteiger partial charge in [0.05, 0.1) is 0 Å². The van der Waals surface area contributed by atoms with E-state index in [0.717, 1.165) is 0 Å². The maximum absolute atomic E-state index is 2.55. The molecule has 1 nitrogen and oxygen atoms in total. The monoisotopic (exact) mass is 451 g/mol. The molecule has 0 heterocycles. The van der Waals surface area contributed by atoms with Crippen molar-refractivity contribution in [2.75, 3.05) is 19.6 Å². The van der Waals surface area contributed by atoms with Gasteiger partial charge >= 0.3 is 0 Å². The highest BCUT2D eigenvalue weighted by molar-refractivity contribution is 5.85. The van der Waals surface area contributed by atoms with Crippen LogP contribution in [-0.4, -0.2) is 24.5 Å². The second-order valence-corrected chi connectivity index (χ2v) is 9.36. The molecule has 0 unspecified atom stereocenters. The second-order valence-electron chi connectivity index (χ2n) is 9.36. The molecule has 0 aliphatic carbocycles. The van der Waals surface area contributed by atoms with Crippen LogP contribution in [0.1, 0.15) is 128 Å². The first-order chi connectivity index (χ1) is 14.8. The van der Waals surface area contributed by atoms with Crippen LogP contribution in [0.5, 0.6) is 0 Å². The first-order valence-corrected chi connectivity index (χ1v) is 13.5. The second kappa shape index (κ2) is 22.7. The molecule has 0 N–H and O–H groups in total. The van der Waals surface area contributed by atoms with Gasteiger partial charge in [0.2, 0.25) is 0 Å². The van der Waals surface area contributed by atoms with E-state index in [1.54, 1.807) is 5.56 Å². The quantitative estimate of drug-likeness (QED) is 0.168. The molecule has 0 radical (unpaired) electrons. The average molecular weight is 452 g/mol. The van der Waals surface area contributed by atoms with Gasteiger partial charge in [-0.3, -0.25) is 0 Å². The lowest BCUT2D eigenvalue weighted by Crippen LogP contribution is -2.23. The number of hydrogen-bond donors (Lipinski definition) is 0. The van der Waals surface area contributed by atoms with Crippen molar-refractivity contribution in [3.05, 3.63) is 35.4 Å². The third kappa shape index (κ3) is 17.7. The molecule has 0 atom stereocenters. The number of rotatable bonds is 21. The topological polar surface area (TPSA) is 3.24 Å². The number of halogens is 1. The Hall–Kier alpha value is -0.530. The van der Waals surface area contributed by atoms with Gasteiger partial charge in [-0.2, -0.15) is 0 Å². The maximum atomic E-state index is 2.55. The summed E-state index contributed by atoms with van der Waals surface area (Å²) < 4.78 is 0. The van der Waals surface area contributed by atoms with E-state index >= 15 is 0 Å². The predicted molar refractivity (Wildman–Crippen MR) is 144 cm³/mol. The van der Waals surface area contributed by atoms with Crippen molar-refractivity contribution in [3.63, 3.8) is 0 Å². The van der Waals surface area contributed by atoms with E-state index in [1.807, 2.05) is 0 Å². The summed E-state index contributed by atoms with van der Waals surface area (Å²) in [4.78, 5) is 2.55. The molecule has 31 heavy (non-hydrogen) atoms. The van der Waals surface area contributed by atoms with Gasteiger partial charge in [0.1, 0.15) is 0 Å². The molecule has 0 aliphatic heterocycles. The van der Waals surface area contributed by atoms with Gasteiger partial charge in [0, 0.05) is 0 Å². The van der Waals surface area contributed by atoms with E-state index in [2.05, 4.69) is 49.9 Å². The number of nitrogens with zero attached hydrogens (tertiary/aromatic N) is 1. The smallest absolute Gasteiger partial charge is 0.00190 e. The van der Waals surface area contributed by atoms with Crippen molar-refractivity contribution in [2.45, 2.75) is 130 Å². The Bertz CT molecular complexity index is 483. The highest BCUT2D eigenvalue weighted by Gasteiger charge is 1.99. The Balaban J connectivity index is 0.00000900. The zero-order chi connectivity index (χ0) is 21.7. The molecule has 2 heteroatoms. The van der Waals surface area contributed by atoms with Crippen molar-refractivity contribution in [3.8, 4) is 0 Å². The van der Waals surface area contributed by atoms with Crippen LogP contribution in [0.15, 0.2) is 24.3 Å². The van der Waals surface area contributed by atoms with Crippen LogP contribution in [-0.2, 0) is 6.42 Å². The maximum Gasteiger partial charge on any atom is -0.00190 e. The van der Waals surface area contributed by atoms with Crippen molar-refractivity contribution in [2.24, 2.45) is 0 Å². The van der Waals surface area contributed by atoms with Crippen LogP contribution >= 0.6 is 12.4 Å². The Morgan fingerprint density at radius 3 is 1.35 bits per heavy atom. The minimum Gasteiger partial charge on any atom is -0.304 e. The molecular formula is C29H54ClN. The molecule has 1 rings (SSSR count). The Morgan fingerprint density at radius 1 is 0.548 bits per heavy atom. The number of aryl methyl sites for hydroxylation is 2. The Labute approximate surface area is 202 Å². The van der Waals surface area contributed by atoms with E-state index < -0.39 is 0 Å². The standard InChI is InChI=1S/C29H53N.ClH/c1-4-30(5-2)27-23-19-17-15-13-11-9-7-6-8-10-12-14-16-18-20-25-29-26-22-21-24-28(29)3;/h21-22,24,26H,4-20,23,25,27H2,1-3H3;1H. The molecule has 0 fully saturated rings. The fourth-order valence-corrected chi connectivity index (χ4v) is 4.56. The van der Waals surface area contributed by atoms with Gasteiger partial charge in [-0.1, -0.05) is 128 Å². The van der Waals surface area contributed by atoms with Gasteiger partial charge in [-0.05, 0) is 56.9 Å². The van der Waals surface area contributed by atoms with Crippen LogP contribution in [0.2, 0.25) is 0 Å². The SMILES string of the molecule is CCN(CC)CCCCCCCCCCCCCCCCCCc1ccccc1C.Cl. The number of unbranched alkanes of at least 4 members (excludes halogenated alkanes) is 15. The summed E-state index contributed by atoms with van der Waals surface area (Å²) in [5.41, 5.74) is 3.01. The minimum atomic E-state index is 0. The van der Waals surface area contributed by atoms with E-state index in [4.69, 9.17) is 0 Å². The van der Waals surface area contributed by atoms with E-state index in [-0.39, 0.29) is 12.4 Å². The largest absolute Gasteiger partial charge is 0.304 e. The summed E-state index contributed by atoms with van der Waals surface area (Å²) in [7, 11) is 0. The molecule has 0 amide bonds. The van der Waals surface area contributed by atoms with Crippen molar-refractivity contribution < 1.29 is 0 Å². The highest BCUT2D eigenvalue weighted by Crippen LogP contribution is 2.15. The van der Waals surface area contributed by atoms with Crippen LogP contribution in [0.3, 0.4) is 0 Å². The third-order valence-corrected chi connectivity index (χ3v) is 6.83. The zero-order valence-corrected chi connectivity index (χ0v) is 22.1. The van der Waals surface area contributed by atoms with Gasteiger partial charge in [-0.25, -0.2) is 0 Å². The highest BCUT2D eigenvalue weighted by atomic mass is 35.5. The lowest BCUT2D eigenvalue weighted by molar-refractivity contribution is 0.295. The normalized spacial score (nSPS) is 11.1. The Kier molecular flexibility index (Phi) is 22.3. The molecule has 0 saturated heterocycles. The fourth-order valence-electron chi connectivity index (χ4n) is 4.56. The summed E-state index contributed by atoms with van der Waals surface area (Å²) in [6.07, 6.45) is 24.4. The van der Waals surface area contributed by atoms with Gasteiger partial charge in [-0.15, -0.1) is 12.4 Å². The molecule has 1 aromatic carbocycles. The van der Waals surface area contributed by atoms with Gasteiger partial charge in [0.25, 0.3) is 0 Å². The first kappa shape index (κ1) is 30.5. The molecular weight excluding hydrogens is 398 g/mol. The van der Waals surface area contributed by atoms with E-state index in [1.165, 1.54) is 134 Å². The first-order valence-electron chi connectivity index (χ1n) is 13.5. The molecule has 0 bridgehead atoms. The van der Waals surface area contributed by atoms with Crippen LogP contribution < -0.4 is 0 Å². The molecule has 1 aromatic rings. The summed E-state index contributed by atoms with van der Waals surface area (Å²) >= 11 is 0.